The number of esters is 1. The second-order valence-electron chi connectivity index (χ2n) is 4.53. The molecule has 0 aliphatic heterocycles. The Kier molecular flexibility index (Phi) is 8.29. The van der Waals surface area contributed by atoms with Gasteiger partial charge in [0.2, 0.25) is 0 Å². The average molecular weight is 278 g/mol. The molecule has 0 aliphatic carbocycles. The van der Waals surface area contributed by atoms with Crippen LogP contribution in [0.5, 0.6) is 0 Å². The second kappa shape index (κ2) is 8.84. The average Bonchev–Trinajstić information content (AvgIpc) is 2.41. The summed E-state index contributed by atoms with van der Waals surface area (Å²) in [6, 6.07) is 0. The van der Waals surface area contributed by atoms with E-state index in [1.807, 2.05) is 0 Å². The lowest BCUT2D eigenvalue weighted by Gasteiger charge is -2.25. The van der Waals surface area contributed by atoms with Crippen molar-refractivity contribution in [1.29, 1.82) is 0 Å². The number of carboxylic acids is 1. The first-order valence-electron chi connectivity index (χ1n) is 6.17. The number of hydrogen-bond donors (Lipinski definition) is 4. The van der Waals surface area contributed by atoms with E-state index in [1.165, 1.54) is 0 Å². The zero-order valence-corrected chi connectivity index (χ0v) is 11.0. The molecule has 0 saturated heterocycles. The Morgan fingerprint density at radius 2 is 1.79 bits per heavy atom. The lowest BCUT2D eigenvalue weighted by atomic mass is 9.87. The van der Waals surface area contributed by atoms with E-state index in [0.717, 1.165) is 0 Å². The Hall–Kier alpha value is -1.18. The van der Waals surface area contributed by atoms with Gasteiger partial charge in [-0.25, -0.2) is 0 Å². The third kappa shape index (κ3) is 5.54. The summed E-state index contributed by atoms with van der Waals surface area (Å²) in [5.74, 6) is -2.21. The molecule has 4 N–H and O–H groups in total. The summed E-state index contributed by atoms with van der Waals surface area (Å²) < 4.78 is 4.85. The van der Waals surface area contributed by atoms with Crippen LogP contribution in [-0.4, -0.2) is 58.8 Å². The molecule has 7 nitrogen and oxygen atoms in total. The molecule has 0 aromatic rings. The minimum absolute atomic E-state index is 0.0172. The Morgan fingerprint density at radius 1 is 1.21 bits per heavy atom. The molecular weight excluding hydrogens is 256 g/mol. The van der Waals surface area contributed by atoms with Crippen LogP contribution >= 0.6 is 0 Å². The van der Waals surface area contributed by atoms with Crippen LogP contribution in [0.2, 0.25) is 0 Å². The van der Waals surface area contributed by atoms with Crippen molar-refractivity contribution >= 4 is 11.9 Å². The van der Waals surface area contributed by atoms with Gasteiger partial charge in [0.25, 0.3) is 0 Å². The molecule has 0 aliphatic rings. The molecule has 0 bridgehead atoms. The number of aliphatic carboxylic acids is 1. The summed E-state index contributed by atoms with van der Waals surface area (Å²) >= 11 is 0. The maximum absolute atomic E-state index is 11.4. The fraction of sp³-hybridized carbons (Fsp3) is 0.833. The highest BCUT2D eigenvalue weighted by Crippen LogP contribution is 2.22. The SMILES string of the molecule is CCC(CO)(COC(=O)CCC(CO)CO)C(=O)O. The fourth-order valence-electron chi connectivity index (χ4n) is 1.39. The van der Waals surface area contributed by atoms with E-state index in [9.17, 15) is 9.59 Å². The van der Waals surface area contributed by atoms with Crippen LogP contribution in [0.25, 0.3) is 0 Å². The normalized spacial score (nSPS) is 14.2. The smallest absolute Gasteiger partial charge is 0.315 e. The van der Waals surface area contributed by atoms with Crippen molar-refractivity contribution in [3.8, 4) is 0 Å². The molecule has 0 amide bonds. The molecule has 1 atom stereocenters. The minimum Gasteiger partial charge on any atom is -0.481 e. The quantitative estimate of drug-likeness (QED) is 0.393. The molecule has 0 saturated carbocycles. The Labute approximate surface area is 111 Å². The topological polar surface area (TPSA) is 124 Å². The van der Waals surface area contributed by atoms with Crippen molar-refractivity contribution in [2.24, 2.45) is 11.3 Å². The monoisotopic (exact) mass is 278 g/mol. The zero-order chi connectivity index (χ0) is 14.9. The van der Waals surface area contributed by atoms with Crippen LogP contribution in [-0.2, 0) is 14.3 Å². The summed E-state index contributed by atoms with van der Waals surface area (Å²) in [6.07, 6.45) is 0.385. The molecule has 1 unspecified atom stereocenters. The highest BCUT2D eigenvalue weighted by molar-refractivity contribution is 5.76. The Balaban J connectivity index is 4.23. The van der Waals surface area contributed by atoms with Gasteiger partial charge in [0, 0.05) is 25.6 Å². The number of carboxylic acid groups (broad SMARTS) is 1. The van der Waals surface area contributed by atoms with Crippen LogP contribution in [0, 0.1) is 11.3 Å². The number of ether oxygens (including phenoxy) is 1. The maximum Gasteiger partial charge on any atom is 0.315 e. The largest absolute Gasteiger partial charge is 0.481 e. The standard InChI is InChI=1S/C12H22O7/c1-2-12(7-15,11(17)18)8-19-10(16)4-3-9(5-13)6-14/h9,13-15H,2-8H2,1H3,(H,17,18). The zero-order valence-electron chi connectivity index (χ0n) is 11.0. The fourth-order valence-corrected chi connectivity index (χ4v) is 1.39. The molecule has 0 aromatic heterocycles. The summed E-state index contributed by atoms with van der Waals surface area (Å²) in [4.78, 5) is 22.5. The lowest BCUT2D eigenvalue weighted by molar-refractivity contribution is -0.162. The van der Waals surface area contributed by atoms with Gasteiger partial charge in [-0.15, -0.1) is 0 Å². The van der Waals surface area contributed by atoms with Crippen LogP contribution in [0.4, 0.5) is 0 Å². The summed E-state index contributed by atoms with van der Waals surface area (Å²) in [5.41, 5.74) is -1.47. The predicted octanol–water partition coefficient (Wildman–Crippen LogP) is -0.616. The molecule has 7 heteroatoms. The van der Waals surface area contributed by atoms with E-state index in [2.05, 4.69) is 0 Å². The molecule has 0 aromatic carbocycles. The van der Waals surface area contributed by atoms with Crippen molar-refractivity contribution in [2.75, 3.05) is 26.4 Å². The first-order valence-corrected chi connectivity index (χ1v) is 6.17. The summed E-state index contributed by atoms with van der Waals surface area (Å²) in [5, 5.41) is 35.8. The maximum atomic E-state index is 11.4. The predicted molar refractivity (Wildman–Crippen MR) is 65.3 cm³/mol. The Bertz CT molecular complexity index is 282. The molecule has 0 fully saturated rings. The molecule has 0 spiro atoms. The number of aliphatic hydroxyl groups excluding tert-OH is 3. The van der Waals surface area contributed by atoms with Crippen molar-refractivity contribution < 1.29 is 34.8 Å². The van der Waals surface area contributed by atoms with E-state index in [0.29, 0.717) is 0 Å². The molecule has 19 heavy (non-hydrogen) atoms. The summed E-state index contributed by atoms with van der Waals surface area (Å²) in [7, 11) is 0. The van der Waals surface area contributed by atoms with Crippen LogP contribution in [0.1, 0.15) is 26.2 Å². The van der Waals surface area contributed by atoms with Gasteiger partial charge < -0.3 is 25.2 Å². The number of aliphatic hydroxyl groups is 3. The van der Waals surface area contributed by atoms with Gasteiger partial charge in [-0.05, 0) is 12.8 Å². The van der Waals surface area contributed by atoms with Crippen molar-refractivity contribution in [3.63, 3.8) is 0 Å². The molecule has 112 valence electrons. The number of rotatable bonds is 10. The first-order chi connectivity index (χ1) is 8.95. The van der Waals surface area contributed by atoms with Crippen LogP contribution in [0.3, 0.4) is 0 Å². The van der Waals surface area contributed by atoms with Gasteiger partial charge in [0.05, 0.1) is 6.61 Å². The van der Waals surface area contributed by atoms with Gasteiger partial charge in [-0.1, -0.05) is 6.92 Å². The van der Waals surface area contributed by atoms with E-state index in [-0.39, 0.29) is 38.4 Å². The number of carbonyl (C=O) groups excluding carboxylic acids is 1. The van der Waals surface area contributed by atoms with Gasteiger partial charge in [-0.2, -0.15) is 0 Å². The molecular formula is C12H22O7. The van der Waals surface area contributed by atoms with E-state index < -0.39 is 30.6 Å². The van der Waals surface area contributed by atoms with Gasteiger partial charge >= 0.3 is 11.9 Å². The van der Waals surface area contributed by atoms with E-state index >= 15 is 0 Å². The highest BCUT2D eigenvalue weighted by atomic mass is 16.5. The lowest BCUT2D eigenvalue weighted by Crippen LogP contribution is -2.39. The molecule has 0 heterocycles. The van der Waals surface area contributed by atoms with E-state index in [1.54, 1.807) is 6.92 Å². The number of hydrogen-bond acceptors (Lipinski definition) is 6. The summed E-state index contributed by atoms with van der Waals surface area (Å²) in [6.45, 7) is 0.133. The number of carbonyl (C=O) groups is 2. The third-order valence-electron chi connectivity index (χ3n) is 3.22. The van der Waals surface area contributed by atoms with E-state index in [4.69, 9.17) is 25.2 Å². The van der Waals surface area contributed by atoms with Crippen molar-refractivity contribution in [1.82, 2.24) is 0 Å². The van der Waals surface area contributed by atoms with Gasteiger partial charge in [0.15, 0.2) is 0 Å². The van der Waals surface area contributed by atoms with Gasteiger partial charge in [-0.3, -0.25) is 9.59 Å². The van der Waals surface area contributed by atoms with Crippen LogP contribution < -0.4 is 0 Å². The highest BCUT2D eigenvalue weighted by Gasteiger charge is 2.37. The van der Waals surface area contributed by atoms with Gasteiger partial charge in [0.1, 0.15) is 12.0 Å². The second-order valence-corrected chi connectivity index (χ2v) is 4.53. The molecule has 0 rings (SSSR count). The van der Waals surface area contributed by atoms with Crippen LogP contribution in [0.15, 0.2) is 0 Å². The Morgan fingerprint density at radius 3 is 2.16 bits per heavy atom. The molecule has 0 radical (unpaired) electrons. The first kappa shape index (κ1) is 17.8. The third-order valence-corrected chi connectivity index (χ3v) is 3.22. The minimum atomic E-state index is -1.47. The van der Waals surface area contributed by atoms with Crippen molar-refractivity contribution in [3.05, 3.63) is 0 Å². The van der Waals surface area contributed by atoms with Crippen molar-refractivity contribution in [2.45, 2.75) is 26.2 Å².